The minimum Gasteiger partial charge on any atom is -0.396 e. The van der Waals surface area contributed by atoms with Crippen LogP contribution in [0.2, 0.25) is 0 Å². The molecule has 5 heteroatoms. The number of hydrogen-bond donors (Lipinski definition) is 2. The Balaban J connectivity index is 2.59. The fourth-order valence-corrected chi connectivity index (χ4v) is 1.23. The fraction of sp³-hybridized carbons (Fsp3) is 0.417. The smallest absolute Gasteiger partial charge is 0.238 e. The summed E-state index contributed by atoms with van der Waals surface area (Å²) >= 11 is 0. The van der Waals surface area contributed by atoms with Gasteiger partial charge in [0.2, 0.25) is 5.91 Å². The predicted octanol–water partition coefficient (Wildman–Crippen LogP) is 1.69. The third-order valence-corrected chi connectivity index (χ3v) is 2.55. The maximum absolute atomic E-state index is 12.9. The van der Waals surface area contributed by atoms with Crippen LogP contribution in [0, 0.1) is 5.82 Å². The summed E-state index contributed by atoms with van der Waals surface area (Å²) in [5, 5.41) is 2.67. The van der Waals surface area contributed by atoms with Crippen molar-refractivity contribution in [2.45, 2.75) is 19.9 Å². The van der Waals surface area contributed by atoms with Crippen LogP contribution in [0.25, 0.3) is 0 Å². The van der Waals surface area contributed by atoms with Crippen LogP contribution in [0.4, 0.5) is 15.8 Å². The van der Waals surface area contributed by atoms with Crippen molar-refractivity contribution in [3.8, 4) is 0 Å². The van der Waals surface area contributed by atoms with Gasteiger partial charge in [-0.25, -0.2) is 4.39 Å². The van der Waals surface area contributed by atoms with Crippen LogP contribution in [-0.2, 0) is 4.79 Å². The lowest BCUT2D eigenvalue weighted by Crippen LogP contribution is -2.34. The van der Waals surface area contributed by atoms with Gasteiger partial charge in [-0.1, -0.05) is 0 Å². The number of nitrogens with two attached hydrogens (primary N) is 1. The molecule has 0 aliphatic rings. The molecule has 0 heterocycles. The highest BCUT2D eigenvalue weighted by Gasteiger charge is 2.10. The number of anilines is 2. The molecular weight excluding hydrogens is 221 g/mol. The Morgan fingerprint density at radius 3 is 2.71 bits per heavy atom. The fourth-order valence-electron chi connectivity index (χ4n) is 1.23. The van der Waals surface area contributed by atoms with E-state index in [4.69, 9.17) is 5.73 Å². The Morgan fingerprint density at radius 1 is 1.53 bits per heavy atom. The molecule has 94 valence electrons. The lowest BCUT2D eigenvalue weighted by molar-refractivity contribution is -0.117. The van der Waals surface area contributed by atoms with Crippen molar-refractivity contribution >= 4 is 17.3 Å². The van der Waals surface area contributed by atoms with Crippen molar-refractivity contribution in [1.82, 2.24) is 4.90 Å². The summed E-state index contributed by atoms with van der Waals surface area (Å²) in [5.74, 6) is -0.630. The zero-order valence-electron chi connectivity index (χ0n) is 10.3. The lowest BCUT2D eigenvalue weighted by Gasteiger charge is -2.20. The normalized spacial score (nSPS) is 10.9. The van der Waals surface area contributed by atoms with Gasteiger partial charge in [-0.15, -0.1) is 0 Å². The molecule has 0 radical (unpaired) electrons. The minimum absolute atomic E-state index is 0.0278. The van der Waals surface area contributed by atoms with Gasteiger partial charge in [0.25, 0.3) is 0 Å². The molecule has 1 rings (SSSR count). The highest BCUT2D eigenvalue weighted by atomic mass is 19.1. The number of nitrogen functional groups attached to an aromatic ring is 1. The van der Waals surface area contributed by atoms with Crippen molar-refractivity contribution in [2.75, 3.05) is 24.6 Å². The summed E-state index contributed by atoms with van der Waals surface area (Å²) in [4.78, 5) is 13.5. The van der Waals surface area contributed by atoms with Crippen molar-refractivity contribution in [3.63, 3.8) is 0 Å². The maximum Gasteiger partial charge on any atom is 0.238 e. The van der Waals surface area contributed by atoms with E-state index in [1.165, 1.54) is 18.2 Å². The number of likely N-dealkylation sites (N-methyl/N-ethyl adjacent to an activating group) is 1. The van der Waals surface area contributed by atoms with E-state index in [1.54, 1.807) is 0 Å². The van der Waals surface area contributed by atoms with Gasteiger partial charge in [0, 0.05) is 11.7 Å². The van der Waals surface area contributed by atoms with E-state index in [0.717, 1.165) is 0 Å². The highest BCUT2D eigenvalue weighted by Crippen LogP contribution is 2.16. The van der Waals surface area contributed by atoms with Crippen LogP contribution in [0.5, 0.6) is 0 Å². The number of rotatable bonds is 4. The Hall–Kier alpha value is -1.62. The van der Waals surface area contributed by atoms with Gasteiger partial charge < -0.3 is 11.1 Å². The molecule has 0 saturated heterocycles. The average molecular weight is 239 g/mol. The maximum atomic E-state index is 12.9. The number of nitrogens with one attached hydrogen (secondary N) is 1. The van der Waals surface area contributed by atoms with E-state index in [2.05, 4.69) is 5.32 Å². The first-order chi connectivity index (χ1) is 7.90. The van der Waals surface area contributed by atoms with Crippen molar-refractivity contribution in [1.29, 1.82) is 0 Å². The van der Waals surface area contributed by atoms with Gasteiger partial charge in [-0.2, -0.15) is 0 Å². The van der Waals surface area contributed by atoms with Crippen LogP contribution in [-0.4, -0.2) is 30.4 Å². The van der Waals surface area contributed by atoms with Gasteiger partial charge in [0.1, 0.15) is 5.82 Å². The van der Waals surface area contributed by atoms with Gasteiger partial charge >= 0.3 is 0 Å². The molecule has 0 unspecified atom stereocenters. The Morgan fingerprint density at radius 2 is 2.18 bits per heavy atom. The molecule has 0 bridgehead atoms. The zero-order chi connectivity index (χ0) is 13.0. The third kappa shape index (κ3) is 4.03. The molecule has 0 fully saturated rings. The number of carbonyl (C=O) groups is 1. The summed E-state index contributed by atoms with van der Waals surface area (Å²) in [6.45, 7) is 4.29. The molecule has 0 aromatic heterocycles. The number of benzene rings is 1. The van der Waals surface area contributed by atoms with Crippen LogP contribution in [0.3, 0.4) is 0 Å². The Labute approximate surface area is 101 Å². The van der Waals surface area contributed by atoms with Crippen LogP contribution in [0.1, 0.15) is 13.8 Å². The zero-order valence-corrected chi connectivity index (χ0v) is 10.3. The Bertz CT molecular complexity index is 407. The number of amides is 1. The number of carbonyl (C=O) groups excluding carboxylic acids is 1. The number of halogens is 1. The van der Waals surface area contributed by atoms with Crippen molar-refractivity contribution in [2.24, 2.45) is 0 Å². The minimum atomic E-state index is -0.484. The lowest BCUT2D eigenvalue weighted by atomic mass is 10.2. The van der Waals surface area contributed by atoms with Crippen molar-refractivity contribution in [3.05, 3.63) is 24.0 Å². The standard InChI is InChI=1S/C12H18FN3O/c1-8(2)16(3)7-12(17)15-9-4-5-10(13)11(14)6-9/h4-6,8H,7,14H2,1-3H3,(H,15,17). The second kappa shape index (κ2) is 5.63. The topological polar surface area (TPSA) is 58.4 Å². The summed E-state index contributed by atoms with van der Waals surface area (Å²) in [5.41, 5.74) is 5.94. The first kappa shape index (κ1) is 13.4. The predicted molar refractivity (Wildman–Crippen MR) is 67.2 cm³/mol. The second-order valence-corrected chi connectivity index (χ2v) is 4.29. The molecule has 0 aliphatic carbocycles. The number of hydrogen-bond acceptors (Lipinski definition) is 3. The van der Waals surface area contributed by atoms with E-state index in [9.17, 15) is 9.18 Å². The third-order valence-electron chi connectivity index (χ3n) is 2.55. The molecule has 1 aromatic carbocycles. The summed E-state index contributed by atoms with van der Waals surface area (Å²) in [6, 6.07) is 4.41. The SMILES string of the molecule is CC(C)N(C)CC(=O)Nc1ccc(F)c(N)c1. The molecule has 17 heavy (non-hydrogen) atoms. The van der Waals surface area contributed by atoms with Gasteiger partial charge in [0.05, 0.1) is 12.2 Å². The van der Waals surface area contributed by atoms with Crippen LogP contribution in [0.15, 0.2) is 18.2 Å². The molecule has 0 aliphatic heterocycles. The quantitative estimate of drug-likeness (QED) is 0.786. The van der Waals surface area contributed by atoms with E-state index in [1.807, 2.05) is 25.8 Å². The molecule has 4 nitrogen and oxygen atoms in total. The summed E-state index contributed by atoms with van der Waals surface area (Å²) < 4.78 is 12.9. The van der Waals surface area contributed by atoms with Gasteiger partial charge in [0.15, 0.2) is 0 Å². The highest BCUT2D eigenvalue weighted by molar-refractivity contribution is 5.92. The van der Waals surface area contributed by atoms with Gasteiger partial charge in [-0.05, 0) is 39.1 Å². The number of nitrogens with zero attached hydrogens (tertiary/aromatic N) is 1. The van der Waals surface area contributed by atoms with E-state index in [-0.39, 0.29) is 18.1 Å². The first-order valence-corrected chi connectivity index (χ1v) is 5.45. The molecule has 0 spiro atoms. The van der Waals surface area contributed by atoms with Gasteiger partial charge in [-0.3, -0.25) is 9.69 Å². The summed E-state index contributed by atoms with van der Waals surface area (Å²) in [6.07, 6.45) is 0. The Kier molecular flexibility index (Phi) is 4.45. The molecule has 0 atom stereocenters. The molecule has 3 N–H and O–H groups in total. The molecule has 1 aromatic rings. The molecule has 0 saturated carbocycles. The average Bonchev–Trinajstić information content (AvgIpc) is 2.23. The molecular formula is C12H18FN3O. The first-order valence-electron chi connectivity index (χ1n) is 5.45. The van der Waals surface area contributed by atoms with Crippen LogP contribution >= 0.6 is 0 Å². The monoisotopic (exact) mass is 239 g/mol. The largest absolute Gasteiger partial charge is 0.396 e. The van der Waals surface area contributed by atoms with E-state index >= 15 is 0 Å². The van der Waals surface area contributed by atoms with E-state index in [0.29, 0.717) is 11.7 Å². The molecule has 1 amide bonds. The second-order valence-electron chi connectivity index (χ2n) is 4.29. The van der Waals surface area contributed by atoms with E-state index < -0.39 is 5.82 Å². The van der Waals surface area contributed by atoms with Crippen LogP contribution < -0.4 is 11.1 Å². The van der Waals surface area contributed by atoms with Crippen molar-refractivity contribution < 1.29 is 9.18 Å². The summed E-state index contributed by atoms with van der Waals surface area (Å²) in [7, 11) is 1.86.